The predicted molar refractivity (Wildman–Crippen MR) is 73.3 cm³/mol. The van der Waals surface area contributed by atoms with Crippen LogP contribution in [-0.2, 0) is 14.8 Å². The Labute approximate surface area is 123 Å². The van der Waals surface area contributed by atoms with Gasteiger partial charge in [0, 0.05) is 19.1 Å². The van der Waals surface area contributed by atoms with Crippen LogP contribution in [0.1, 0.15) is 23.9 Å². The van der Waals surface area contributed by atoms with E-state index < -0.39 is 16.0 Å². The Hall–Kier alpha value is -1.09. The first-order chi connectivity index (χ1) is 8.95. The quantitative estimate of drug-likeness (QED) is 0.813. The number of sulfonamides is 1. The van der Waals surface area contributed by atoms with Gasteiger partial charge in [-0.3, -0.25) is 0 Å². The topological polar surface area (TPSA) is 103 Å². The highest BCUT2D eigenvalue weighted by Gasteiger charge is 2.33. The second-order valence-electron chi connectivity index (χ2n) is 4.25. The third kappa shape index (κ3) is 3.32. The summed E-state index contributed by atoms with van der Waals surface area (Å²) < 4.78 is 35.5. The van der Waals surface area contributed by atoms with Gasteiger partial charge in [-0.2, -0.15) is 4.31 Å². The number of nitrogens with zero attached hydrogens (tertiary/aromatic N) is 1. The van der Waals surface area contributed by atoms with Crippen LogP contribution in [0.15, 0.2) is 21.6 Å². The minimum Gasteiger partial charge on any atom is -0.460 e. The molecule has 1 aliphatic heterocycles. The van der Waals surface area contributed by atoms with Crippen LogP contribution in [0.4, 0.5) is 0 Å². The molecule has 0 amide bonds. The Morgan fingerprint density at radius 3 is 2.80 bits per heavy atom. The smallest absolute Gasteiger partial charge is 0.374 e. The lowest BCUT2D eigenvalue weighted by molar-refractivity contribution is 0.0484. The Morgan fingerprint density at radius 2 is 2.25 bits per heavy atom. The van der Waals surface area contributed by atoms with Crippen molar-refractivity contribution >= 4 is 28.4 Å². The van der Waals surface area contributed by atoms with Crippen LogP contribution >= 0.6 is 12.4 Å². The van der Waals surface area contributed by atoms with Gasteiger partial charge in [0.1, 0.15) is 0 Å². The fourth-order valence-corrected chi connectivity index (χ4v) is 3.29. The van der Waals surface area contributed by atoms with Gasteiger partial charge in [0.15, 0.2) is 0 Å². The summed E-state index contributed by atoms with van der Waals surface area (Å²) in [7, 11) is -3.72. The zero-order valence-corrected chi connectivity index (χ0v) is 12.6. The van der Waals surface area contributed by atoms with E-state index in [2.05, 4.69) is 0 Å². The van der Waals surface area contributed by atoms with Crippen LogP contribution in [0.25, 0.3) is 0 Å². The summed E-state index contributed by atoms with van der Waals surface area (Å²) in [6, 6.07) is 2.39. The lowest BCUT2D eigenvalue weighted by Gasteiger charge is -2.13. The average Bonchev–Trinajstić information content (AvgIpc) is 2.97. The maximum Gasteiger partial charge on any atom is 0.374 e. The second kappa shape index (κ2) is 6.57. The Kier molecular flexibility index (Phi) is 5.58. The molecule has 1 aromatic heterocycles. The van der Waals surface area contributed by atoms with Crippen LogP contribution in [0.5, 0.6) is 0 Å². The summed E-state index contributed by atoms with van der Waals surface area (Å²) in [5.41, 5.74) is 5.68. The highest BCUT2D eigenvalue weighted by Crippen LogP contribution is 2.22. The number of furan rings is 1. The lowest BCUT2D eigenvalue weighted by atomic mass is 10.3. The molecule has 0 aromatic carbocycles. The molecule has 9 heteroatoms. The van der Waals surface area contributed by atoms with E-state index in [4.69, 9.17) is 14.9 Å². The Balaban J connectivity index is 0.00000200. The molecular weight excluding hydrogens is 308 g/mol. The molecule has 1 aliphatic rings. The number of hydrogen-bond donors (Lipinski definition) is 1. The van der Waals surface area contributed by atoms with E-state index in [0.29, 0.717) is 13.0 Å². The third-order valence-electron chi connectivity index (χ3n) is 2.84. The second-order valence-corrected chi connectivity index (χ2v) is 6.12. The molecule has 0 bridgehead atoms. The Morgan fingerprint density at radius 1 is 1.55 bits per heavy atom. The fourth-order valence-electron chi connectivity index (χ4n) is 1.87. The summed E-state index contributed by atoms with van der Waals surface area (Å²) in [4.78, 5) is 11.4. The Bertz CT molecular complexity index is 571. The largest absolute Gasteiger partial charge is 0.460 e. The minimum absolute atomic E-state index is 0. The SMILES string of the molecule is CCOC(=O)c1ccc(S(=O)(=O)N2CC[C@@H](N)C2)o1.Cl. The number of halogens is 1. The molecule has 2 heterocycles. The number of hydrogen-bond acceptors (Lipinski definition) is 6. The van der Waals surface area contributed by atoms with Gasteiger partial charge in [0.25, 0.3) is 10.0 Å². The van der Waals surface area contributed by atoms with E-state index in [1.54, 1.807) is 6.92 Å². The molecule has 0 unspecified atom stereocenters. The van der Waals surface area contributed by atoms with Crippen molar-refractivity contribution in [2.75, 3.05) is 19.7 Å². The molecule has 0 radical (unpaired) electrons. The van der Waals surface area contributed by atoms with Gasteiger partial charge in [-0.25, -0.2) is 13.2 Å². The summed E-state index contributed by atoms with van der Waals surface area (Å²) in [6.45, 7) is 2.48. The number of nitrogens with two attached hydrogens (primary N) is 1. The van der Waals surface area contributed by atoms with Gasteiger partial charge in [0.2, 0.25) is 10.9 Å². The van der Waals surface area contributed by atoms with E-state index >= 15 is 0 Å². The van der Waals surface area contributed by atoms with Gasteiger partial charge in [0.05, 0.1) is 6.61 Å². The number of carbonyl (C=O) groups is 1. The summed E-state index contributed by atoms with van der Waals surface area (Å²) in [5, 5.41) is -0.260. The summed E-state index contributed by atoms with van der Waals surface area (Å²) >= 11 is 0. The molecule has 0 spiro atoms. The lowest BCUT2D eigenvalue weighted by Crippen LogP contribution is -2.31. The van der Waals surface area contributed by atoms with Crippen molar-refractivity contribution < 1.29 is 22.4 Å². The summed E-state index contributed by atoms with van der Waals surface area (Å²) in [6.07, 6.45) is 0.616. The monoisotopic (exact) mass is 324 g/mol. The van der Waals surface area contributed by atoms with Crippen LogP contribution in [0.3, 0.4) is 0 Å². The predicted octanol–water partition coefficient (Wildman–Crippen LogP) is 0.600. The maximum atomic E-state index is 12.2. The van der Waals surface area contributed by atoms with Crippen LogP contribution in [0.2, 0.25) is 0 Å². The molecule has 114 valence electrons. The first-order valence-electron chi connectivity index (χ1n) is 5.98. The molecule has 2 rings (SSSR count). The standard InChI is InChI=1S/C11H16N2O5S.ClH/c1-2-17-11(14)9-3-4-10(18-9)19(15,16)13-6-5-8(12)7-13;/h3-4,8H,2,5-7,12H2,1H3;1H/t8-;/m1./s1. The molecule has 1 fully saturated rings. The van der Waals surface area contributed by atoms with Gasteiger partial charge in [-0.1, -0.05) is 0 Å². The van der Waals surface area contributed by atoms with E-state index in [1.807, 2.05) is 0 Å². The van der Waals surface area contributed by atoms with Crippen molar-refractivity contribution in [1.82, 2.24) is 4.31 Å². The zero-order chi connectivity index (χ0) is 14.0. The van der Waals surface area contributed by atoms with Gasteiger partial charge in [-0.05, 0) is 25.5 Å². The first kappa shape index (κ1) is 17.0. The number of esters is 1. The van der Waals surface area contributed by atoms with Crippen molar-refractivity contribution in [3.8, 4) is 0 Å². The summed E-state index contributed by atoms with van der Waals surface area (Å²) in [5.74, 6) is -0.800. The molecule has 1 atom stereocenters. The van der Waals surface area contributed by atoms with E-state index in [1.165, 1.54) is 16.4 Å². The van der Waals surface area contributed by atoms with E-state index in [0.717, 1.165) is 0 Å². The first-order valence-corrected chi connectivity index (χ1v) is 7.42. The van der Waals surface area contributed by atoms with Gasteiger partial charge in [-0.15, -0.1) is 12.4 Å². The number of ether oxygens (including phenoxy) is 1. The number of carbonyl (C=O) groups excluding carboxylic acids is 1. The minimum atomic E-state index is -3.72. The normalized spacial score (nSPS) is 19.6. The fraction of sp³-hybridized carbons (Fsp3) is 0.545. The molecule has 1 aromatic rings. The molecule has 20 heavy (non-hydrogen) atoms. The van der Waals surface area contributed by atoms with Crippen LogP contribution in [0, 0.1) is 0 Å². The van der Waals surface area contributed by atoms with Crippen molar-refractivity contribution in [3.05, 3.63) is 17.9 Å². The van der Waals surface area contributed by atoms with Crippen LogP contribution in [-0.4, -0.2) is 44.4 Å². The highest BCUT2D eigenvalue weighted by atomic mass is 35.5. The molecule has 0 saturated carbocycles. The maximum absolute atomic E-state index is 12.2. The molecule has 1 saturated heterocycles. The third-order valence-corrected chi connectivity index (χ3v) is 4.58. The van der Waals surface area contributed by atoms with Gasteiger partial charge < -0.3 is 14.9 Å². The van der Waals surface area contributed by atoms with E-state index in [9.17, 15) is 13.2 Å². The number of rotatable bonds is 4. The van der Waals surface area contributed by atoms with Gasteiger partial charge >= 0.3 is 5.97 Å². The molecular formula is C11H17ClN2O5S. The van der Waals surface area contributed by atoms with Crippen molar-refractivity contribution in [2.45, 2.75) is 24.5 Å². The average molecular weight is 325 g/mol. The highest BCUT2D eigenvalue weighted by molar-refractivity contribution is 7.89. The van der Waals surface area contributed by atoms with Crippen LogP contribution < -0.4 is 5.73 Å². The molecule has 0 aliphatic carbocycles. The van der Waals surface area contributed by atoms with Crippen molar-refractivity contribution in [1.29, 1.82) is 0 Å². The molecule has 2 N–H and O–H groups in total. The van der Waals surface area contributed by atoms with Crippen molar-refractivity contribution in [2.24, 2.45) is 5.73 Å². The zero-order valence-electron chi connectivity index (χ0n) is 10.9. The van der Waals surface area contributed by atoms with Crippen molar-refractivity contribution in [3.63, 3.8) is 0 Å². The molecule has 7 nitrogen and oxygen atoms in total. The van der Waals surface area contributed by atoms with E-state index in [-0.39, 0.29) is 42.5 Å².